The smallest absolute Gasteiger partial charge is 0.408 e. The van der Waals surface area contributed by atoms with E-state index in [1.165, 1.54) is 4.90 Å². The van der Waals surface area contributed by atoms with Crippen molar-refractivity contribution in [2.45, 2.75) is 39.3 Å². The van der Waals surface area contributed by atoms with Crippen LogP contribution in [0, 0.1) is 0 Å². The molecule has 0 saturated carbocycles. The molecule has 0 bridgehead atoms. The number of rotatable bonds is 2. The molecule has 0 aliphatic heterocycles. The van der Waals surface area contributed by atoms with Gasteiger partial charge in [0.2, 0.25) is 0 Å². The predicted octanol–water partition coefficient (Wildman–Crippen LogP) is 3.23. The van der Waals surface area contributed by atoms with Gasteiger partial charge in [-0.3, -0.25) is 4.90 Å². The molecule has 0 radical (unpaired) electrons. The molecule has 1 aromatic carbocycles. The Balaban J connectivity index is 3.04. The SMILES string of the molecule is CC(c1ccc(O)cc1)N(C(=O)O)C(C)(C)C. The van der Waals surface area contributed by atoms with E-state index in [1.54, 1.807) is 24.3 Å². The second kappa shape index (κ2) is 4.65. The van der Waals surface area contributed by atoms with Crippen molar-refractivity contribution in [3.63, 3.8) is 0 Å². The third kappa shape index (κ3) is 3.12. The molecule has 1 rings (SSSR count). The second-order valence-electron chi connectivity index (χ2n) is 5.09. The molecule has 2 N–H and O–H groups in total. The molecule has 4 nitrogen and oxygen atoms in total. The molecule has 0 aromatic heterocycles. The van der Waals surface area contributed by atoms with Gasteiger partial charge in [-0.05, 0) is 45.4 Å². The van der Waals surface area contributed by atoms with Crippen LogP contribution in [0.15, 0.2) is 24.3 Å². The number of amides is 1. The van der Waals surface area contributed by atoms with Crippen LogP contribution in [0.4, 0.5) is 4.79 Å². The topological polar surface area (TPSA) is 60.8 Å². The van der Waals surface area contributed by atoms with Crippen molar-refractivity contribution < 1.29 is 15.0 Å². The Morgan fingerprint density at radius 3 is 2.06 bits per heavy atom. The van der Waals surface area contributed by atoms with Gasteiger partial charge in [0.1, 0.15) is 5.75 Å². The molecule has 1 unspecified atom stereocenters. The molecule has 1 aromatic rings. The molecular formula is C13H19NO3. The number of phenolic OH excluding ortho intramolecular Hbond substituents is 1. The summed E-state index contributed by atoms with van der Waals surface area (Å²) >= 11 is 0. The summed E-state index contributed by atoms with van der Waals surface area (Å²) in [5.41, 5.74) is 0.392. The highest BCUT2D eigenvalue weighted by atomic mass is 16.4. The van der Waals surface area contributed by atoms with Crippen molar-refractivity contribution in [1.82, 2.24) is 4.90 Å². The Morgan fingerprint density at radius 1 is 1.24 bits per heavy atom. The van der Waals surface area contributed by atoms with Crippen LogP contribution in [-0.2, 0) is 0 Å². The van der Waals surface area contributed by atoms with Gasteiger partial charge >= 0.3 is 6.09 Å². The van der Waals surface area contributed by atoms with Gasteiger partial charge in [-0.2, -0.15) is 0 Å². The molecule has 0 spiro atoms. The molecule has 0 heterocycles. The van der Waals surface area contributed by atoms with E-state index in [2.05, 4.69) is 0 Å². The van der Waals surface area contributed by atoms with E-state index in [0.29, 0.717) is 0 Å². The molecule has 0 aliphatic carbocycles. The van der Waals surface area contributed by atoms with E-state index in [9.17, 15) is 15.0 Å². The number of aromatic hydroxyl groups is 1. The van der Waals surface area contributed by atoms with E-state index in [4.69, 9.17) is 0 Å². The fourth-order valence-electron chi connectivity index (χ4n) is 1.94. The number of carbonyl (C=O) groups is 1. The standard InChI is InChI=1S/C13H19NO3/c1-9(10-5-7-11(15)8-6-10)14(12(16)17)13(2,3)4/h5-9,15H,1-4H3,(H,16,17). The summed E-state index contributed by atoms with van der Waals surface area (Å²) in [6.45, 7) is 7.42. The third-order valence-electron chi connectivity index (χ3n) is 2.69. The first kappa shape index (κ1) is 13.4. The highest BCUT2D eigenvalue weighted by molar-refractivity contribution is 5.66. The number of phenols is 1. The largest absolute Gasteiger partial charge is 0.508 e. The maximum Gasteiger partial charge on any atom is 0.408 e. The number of hydrogen-bond donors (Lipinski definition) is 2. The lowest BCUT2D eigenvalue weighted by molar-refractivity contribution is 0.0753. The van der Waals surface area contributed by atoms with Crippen molar-refractivity contribution in [1.29, 1.82) is 0 Å². The van der Waals surface area contributed by atoms with Crippen LogP contribution in [0.5, 0.6) is 5.75 Å². The summed E-state index contributed by atoms with van der Waals surface area (Å²) in [7, 11) is 0. The van der Waals surface area contributed by atoms with Crippen LogP contribution >= 0.6 is 0 Å². The minimum absolute atomic E-state index is 0.179. The lowest BCUT2D eigenvalue weighted by Gasteiger charge is -2.38. The van der Waals surface area contributed by atoms with Crippen LogP contribution in [0.1, 0.15) is 39.3 Å². The van der Waals surface area contributed by atoms with E-state index in [0.717, 1.165) is 5.56 Å². The fourth-order valence-corrected chi connectivity index (χ4v) is 1.94. The molecule has 1 amide bonds. The molecule has 4 heteroatoms. The van der Waals surface area contributed by atoms with Crippen LogP contribution in [-0.4, -0.2) is 26.7 Å². The van der Waals surface area contributed by atoms with Gasteiger partial charge in [-0.15, -0.1) is 0 Å². The summed E-state index contributed by atoms with van der Waals surface area (Å²) in [5.74, 6) is 0.179. The Morgan fingerprint density at radius 2 is 1.71 bits per heavy atom. The minimum atomic E-state index is -0.946. The Hall–Kier alpha value is -1.71. The van der Waals surface area contributed by atoms with Gasteiger partial charge in [-0.25, -0.2) is 4.79 Å². The lowest BCUT2D eigenvalue weighted by Crippen LogP contribution is -2.46. The number of benzene rings is 1. The lowest BCUT2D eigenvalue weighted by atomic mass is 9.99. The van der Waals surface area contributed by atoms with E-state index >= 15 is 0 Å². The average molecular weight is 237 g/mol. The Labute approximate surface area is 101 Å². The zero-order chi connectivity index (χ0) is 13.2. The van der Waals surface area contributed by atoms with Crippen molar-refractivity contribution in [3.05, 3.63) is 29.8 Å². The molecule has 94 valence electrons. The van der Waals surface area contributed by atoms with E-state index in [-0.39, 0.29) is 11.8 Å². The summed E-state index contributed by atoms with van der Waals surface area (Å²) in [5, 5.41) is 18.5. The normalized spacial score (nSPS) is 13.2. The quantitative estimate of drug-likeness (QED) is 0.830. The first-order chi connectivity index (χ1) is 7.73. The zero-order valence-corrected chi connectivity index (χ0v) is 10.6. The summed E-state index contributed by atoms with van der Waals surface area (Å²) in [6, 6.07) is 6.35. The first-order valence-corrected chi connectivity index (χ1v) is 5.54. The molecule has 0 saturated heterocycles. The second-order valence-corrected chi connectivity index (χ2v) is 5.09. The molecule has 1 atom stereocenters. The van der Waals surface area contributed by atoms with E-state index in [1.807, 2.05) is 27.7 Å². The molecule has 0 aliphatic rings. The number of nitrogens with zero attached hydrogens (tertiary/aromatic N) is 1. The monoisotopic (exact) mass is 237 g/mol. The summed E-state index contributed by atoms with van der Waals surface area (Å²) in [4.78, 5) is 12.7. The van der Waals surface area contributed by atoms with Gasteiger partial charge in [0.05, 0.1) is 6.04 Å². The van der Waals surface area contributed by atoms with Crippen molar-refractivity contribution in [2.75, 3.05) is 0 Å². The highest BCUT2D eigenvalue weighted by Gasteiger charge is 2.31. The van der Waals surface area contributed by atoms with Gasteiger partial charge < -0.3 is 10.2 Å². The minimum Gasteiger partial charge on any atom is -0.508 e. The van der Waals surface area contributed by atoms with Crippen molar-refractivity contribution >= 4 is 6.09 Å². The van der Waals surface area contributed by atoms with Gasteiger partial charge in [-0.1, -0.05) is 12.1 Å². The van der Waals surface area contributed by atoms with Crippen LogP contribution in [0.25, 0.3) is 0 Å². The predicted molar refractivity (Wildman–Crippen MR) is 66.1 cm³/mol. The fraction of sp³-hybridized carbons (Fsp3) is 0.462. The average Bonchev–Trinajstić information content (AvgIpc) is 2.15. The van der Waals surface area contributed by atoms with Crippen LogP contribution < -0.4 is 0 Å². The van der Waals surface area contributed by atoms with Crippen molar-refractivity contribution in [3.8, 4) is 5.75 Å². The van der Waals surface area contributed by atoms with Gasteiger partial charge in [0, 0.05) is 5.54 Å². The van der Waals surface area contributed by atoms with Crippen LogP contribution in [0.2, 0.25) is 0 Å². The highest BCUT2D eigenvalue weighted by Crippen LogP contribution is 2.28. The zero-order valence-electron chi connectivity index (χ0n) is 10.6. The Bertz CT molecular complexity index is 392. The molecular weight excluding hydrogens is 218 g/mol. The summed E-state index contributed by atoms with van der Waals surface area (Å²) < 4.78 is 0. The third-order valence-corrected chi connectivity index (χ3v) is 2.69. The number of hydrogen-bond acceptors (Lipinski definition) is 2. The maximum atomic E-state index is 11.3. The van der Waals surface area contributed by atoms with Crippen molar-refractivity contribution in [2.24, 2.45) is 0 Å². The summed E-state index contributed by atoms with van der Waals surface area (Å²) in [6.07, 6.45) is -0.946. The number of carboxylic acid groups (broad SMARTS) is 1. The van der Waals surface area contributed by atoms with Gasteiger partial charge in [0.25, 0.3) is 0 Å². The molecule has 17 heavy (non-hydrogen) atoms. The van der Waals surface area contributed by atoms with E-state index < -0.39 is 11.6 Å². The maximum absolute atomic E-state index is 11.3. The van der Waals surface area contributed by atoms with Crippen LogP contribution in [0.3, 0.4) is 0 Å². The Kier molecular flexibility index (Phi) is 3.66. The first-order valence-electron chi connectivity index (χ1n) is 5.54. The van der Waals surface area contributed by atoms with Gasteiger partial charge in [0.15, 0.2) is 0 Å². The molecule has 0 fully saturated rings.